The summed E-state index contributed by atoms with van der Waals surface area (Å²) in [7, 11) is 0. The summed E-state index contributed by atoms with van der Waals surface area (Å²) >= 11 is 0. The first-order valence-corrected chi connectivity index (χ1v) is 6.27. The largest absolute Gasteiger partial charge is 0.392 e. The van der Waals surface area contributed by atoms with Crippen molar-refractivity contribution in [2.75, 3.05) is 6.61 Å². The highest BCUT2D eigenvalue weighted by Crippen LogP contribution is 2.23. The van der Waals surface area contributed by atoms with Crippen LogP contribution in [0.5, 0.6) is 0 Å². The van der Waals surface area contributed by atoms with Crippen molar-refractivity contribution >= 4 is 0 Å². The van der Waals surface area contributed by atoms with Gasteiger partial charge in [-0.25, -0.2) is 0 Å². The van der Waals surface area contributed by atoms with Gasteiger partial charge in [0, 0.05) is 6.61 Å². The average molecular weight is 242 g/mol. The molecule has 0 radical (unpaired) electrons. The first-order chi connectivity index (χ1) is 8.13. The summed E-state index contributed by atoms with van der Waals surface area (Å²) in [6, 6.07) is 0. The third-order valence-corrected chi connectivity index (χ3v) is 2.87. The van der Waals surface area contributed by atoms with Crippen molar-refractivity contribution in [2.45, 2.75) is 58.7 Å². The molecule has 0 aliphatic heterocycles. The lowest BCUT2D eigenvalue weighted by Gasteiger charge is -2.12. The molecule has 1 heterocycles. The number of aromatic nitrogens is 2. The summed E-state index contributed by atoms with van der Waals surface area (Å²) in [6.07, 6.45) is 0.901. The number of nitrogens with zero attached hydrogens (tertiary/aromatic N) is 2. The van der Waals surface area contributed by atoms with E-state index in [2.05, 4.69) is 10.1 Å². The predicted molar refractivity (Wildman–Crippen MR) is 63.7 cm³/mol. The third-order valence-electron chi connectivity index (χ3n) is 2.87. The molecule has 0 saturated carbocycles. The fourth-order valence-corrected chi connectivity index (χ4v) is 1.66. The second-order valence-corrected chi connectivity index (χ2v) is 4.11. The summed E-state index contributed by atoms with van der Waals surface area (Å²) in [6.45, 7) is 8.38. The molecular formula is C12H22N2O3. The normalized spacial score (nSPS) is 16.8. The van der Waals surface area contributed by atoms with Gasteiger partial charge in [0.1, 0.15) is 6.10 Å². The van der Waals surface area contributed by atoms with E-state index in [0.717, 1.165) is 6.42 Å². The Morgan fingerprint density at radius 1 is 1.29 bits per heavy atom. The van der Waals surface area contributed by atoms with Crippen LogP contribution in [0.25, 0.3) is 0 Å². The van der Waals surface area contributed by atoms with Gasteiger partial charge in [0.2, 0.25) is 11.7 Å². The van der Waals surface area contributed by atoms with Crippen molar-refractivity contribution in [3.05, 3.63) is 11.7 Å². The summed E-state index contributed by atoms with van der Waals surface area (Å²) in [4.78, 5) is 4.31. The smallest absolute Gasteiger partial charge is 0.232 e. The Labute approximate surface area is 102 Å². The van der Waals surface area contributed by atoms with Crippen molar-refractivity contribution in [3.63, 3.8) is 0 Å². The maximum Gasteiger partial charge on any atom is 0.232 e. The molecule has 0 amide bonds. The van der Waals surface area contributed by atoms with Crippen LogP contribution in [0.15, 0.2) is 4.52 Å². The number of hydrogen-bond donors (Lipinski definition) is 1. The summed E-state index contributed by atoms with van der Waals surface area (Å²) in [5.74, 6) is 0.910. The van der Waals surface area contributed by atoms with Crippen LogP contribution in [0.3, 0.4) is 0 Å². The Balaban J connectivity index is 2.76. The Morgan fingerprint density at radius 3 is 2.53 bits per heavy atom. The Kier molecular flexibility index (Phi) is 5.58. The minimum absolute atomic E-state index is 0.122. The Bertz CT molecular complexity index is 311. The second-order valence-electron chi connectivity index (χ2n) is 4.11. The van der Waals surface area contributed by atoms with Crippen LogP contribution < -0.4 is 0 Å². The van der Waals surface area contributed by atoms with E-state index in [9.17, 15) is 5.11 Å². The van der Waals surface area contributed by atoms with Gasteiger partial charge in [0.15, 0.2) is 0 Å². The standard InChI is InChI=1S/C12H22N2O3/c1-5-9(15)8(4)12-13-11(14-17-12)10(6-2)16-7-3/h8-10,15H,5-7H2,1-4H3. The highest BCUT2D eigenvalue weighted by Gasteiger charge is 2.23. The highest BCUT2D eigenvalue weighted by molar-refractivity contribution is 4.97. The minimum Gasteiger partial charge on any atom is -0.392 e. The van der Waals surface area contributed by atoms with Crippen molar-refractivity contribution in [1.29, 1.82) is 0 Å². The molecule has 1 rings (SSSR count). The van der Waals surface area contributed by atoms with Gasteiger partial charge in [-0.1, -0.05) is 25.9 Å². The fourth-order valence-electron chi connectivity index (χ4n) is 1.66. The quantitative estimate of drug-likeness (QED) is 0.795. The van der Waals surface area contributed by atoms with Gasteiger partial charge in [-0.05, 0) is 19.8 Å². The van der Waals surface area contributed by atoms with Crippen molar-refractivity contribution in [3.8, 4) is 0 Å². The van der Waals surface area contributed by atoms with E-state index in [4.69, 9.17) is 9.26 Å². The maximum absolute atomic E-state index is 9.73. The molecule has 1 N–H and O–H groups in total. The summed E-state index contributed by atoms with van der Waals surface area (Å²) < 4.78 is 10.7. The topological polar surface area (TPSA) is 68.4 Å². The van der Waals surface area contributed by atoms with E-state index in [0.29, 0.717) is 24.7 Å². The molecule has 1 aromatic rings. The van der Waals surface area contributed by atoms with Crippen LogP contribution in [0.2, 0.25) is 0 Å². The zero-order valence-electron chi connectivity index (χ0n) is 11.0. The molecule has 98 valence electrons. The Morgan fingerprint density at radius 2 is 2.00 bits per heavy atom. The molecule has 0 aliphatic rings. The molecule has 5 nitrogen and oxygen atoms in total. The Hall–Kier alpha value is -0.940. The average Bonchev–Trinajstić information content (AvgIpc) is 2.83. The molecule has 0 saturated heterocycles. The van der Waals surface area contributed by atoms with Crippen LogP contribution in [-0.2, 0) is 4.74 Å². The SMILES string of the molecule is CCOC(CC)c1noc(C(C)C(O)CC)n1. The van der Waals surface area contributed by atoms with Gasteiger partial charge in [0.25, 0.3) is 0 Å². The molecule has 3 unspecified atom stereocenters. The molecule has 17 heavy (non-hydrogen) atoms. The van der Waals surface area contributed by atoms with Crippen molar-refractivity contribution in [2.24, 2.45) is 0 Å². The van der Waals surface area contributed by atoms with Gasteiger partial charge in [-0.2, -0.15) is 4.98 Å². The van der Waals surface area contributed by atoms with Crippen LogP contribution in [0.4, 0.5) is 0 Å². The molecule has 0 fully saturated rings. The molecule has 0 aromatic carbocycles. The first kappa shape index (κ1) is 14.1. The van der Waals surface area contributed by atoms with Crippen LogP contribution in [-0.4, -0.2) is 28.0 Å². The van der Waals surface area contributed by atoms with Gasteiger partial charge in [-0.15, -0.1) is 0 Å². The van der Waals surface area contributed by atoms with Crippen LogP contribution >= 0.6 is 0 Å². The molecule has 0 bridgehead atoms. The van der Waals surface area contributed by atoms with E-state index in [1.165, 1.54) is 0 Å². The van der Waals surface area contributed by atoms with E-state index in [1.54, 1.807) is 0 Å². The molecular weight excluding hydrogens is 220 g/mol. The van der Waals surface area contributed by atoms with Gasteiger partial charge in [-0.3, -0.25) is 0 Å². The lowest BCUT2D eigenvalue weighted by atomic mass is 10.0. The van der Waals surface area contributed by atoms with Gasteiger partial charge >= 0.3 is 0 Å². The molecule has 5 heteroatoms. The lowest BCUT2D eigenvalue weighted by Crippen LogP contribution is -2.15. The fraction of sp³-hybridized carbons (Fsp3) is 0.833. The van der Waals surface area contributed by atoms with E-state index in [1.807, 2.05) is 27.7 Å². The van der Waals surface area contributed by atoms with E-state index in [-0.39, 0.29) is 12.0 Å². The van der Waals surface area contributed by atoms with Gasteiger partial charge < -0.3 is 14.4 Å². The van der Waals surface area contributed by atoms with Crippen LogP contribution in [0.1, 0.15) is 64.3 Å². The van der Waals surface area contributed by atoms with E-state index >= 15 is 0 Å². The third kappa shape index (κ3) is 3.51. The van der Waals surface area contributed by atoms with E-state index < -0.39 is 6.10 Å². The molecule has 3 atom stereocenters. The van der Waals surface area contributed by atoms with Gasteiger partial charge in [0.05, 0.1) is 12.0 Å². The highest BCUT2D eigenvalue weighted by atomic mass is 16.5. The second kappa shape index (κ2) is 6.71. The zero-order valence-corrected chi connectivity index (χ0v) is 11.0. The summed E-state index contributed by atoms with van der Waals surface area (Å²) in [5.41, 5.74) is 0. The number of rotatable bonds is 7. The molecule has 0 aliphatic carbocycles. The maximum atomic E-state index is 9.73. The molecule has 0 spiro atoms. The number of ether oxygens (including phenoxy) is 1. The first-order valence-electron chi connectivity index (χ1n) is 6.27. The minimum atomic E-state index is -0.449. The lowest BCUT2D eigenvalue weighted by molar-refractivity contribution is 0.0518. The number of aliphatic hydroxyl groups is 1. The number of hydrogen-bond acceptors (Lipinski definition) is 5. The van der Waals surface area contributed by atoms with Crippen molar-refractivity contribution in [1.82, 2.24) is 10.1 Å². The monoisotopic (exact) mass is 242 g/mol. The summed E-state index contributed by atoms with van der Waals surface area (Å²) in [5, 5.41) is 13.7. The zero-order chi connectivity index (χ0) is 12.8. The van der Waals surface area contributed by atoms with Crippen molar-refractivity contribution < 1.29 is 14.4 Å². The number of aliphatic hydroxyl groups excluding tert-OH is 1. The van der Waals surface area contributed by atoms with Crippen LogP contribution in [0, 0.1) is 0 Å². The predicted octanol–water partition coefficient (Wildman–Crippen LogP) is 2.43. The molecule has 1 aromatic heterocycles.